The van der Waals surface area contributed by atoms with Crippen LogP contribution >= 0.6 is 0 Å². The highest BCUT2D eigenvalue weighted by molar-refractivity contribution is 6.07. The maximum Gasteiger partial charge on any atom is 0.259 e. The standard InChI is InChI=1S/C17H19N3O/c1-13-7-2-3-9-15(13)19-17(21)14-8-6-10-18-16(14)20-11-4-5-12-20/h2-3,6-10H,4-5,11-12H2,1H3,(H,19,21). The SMILES string of the molecule is Cc1ccccc1NC(=O)c1cccnc1N1CCCC1. The molecule has 108 valence electrons. The summed E-state index contributed by atoms with van der Waals surface area (Å²) >= 11 is 0. The van der Waals surface area contributed by atoms with Gasteiger partial charge in [-0.05, 0) is 43.5 Å². The Morgan fingerprint density at radius 3 is 2.67 bits per heavy atom. The van der Waals surface area contributed by atoms with Gasteiger partial charge in [-0.3, -0.25) is 4.79 Å². The Labute approximate surface area is 124 Å². The molecule has 1 aliphatic heterocycles. The third-order valence-electron chi connectivity index (χ3n) is 3.83. The van der Waals surface area contributed by atoms with Gasteiger partial charge >= 0.3 is 0 Å². The van der Waals surface area contributed by atoms with Gasteiger partial charge in [-0.2, -0.15) is 0 Å². The quantitative estimate of drug-likeness (QED) is 0.939. The number of anilines is 2. The molecule has 0 aliphatic carbocycles. The molecule has 1 fully saturated rings. The Kier molecular flexibility index (Phi) is 3.86. The van der Waals surface area contributed by atoms with E-state index in [4.69, 9.17) is 0 Å². The second-order valence-corrected chi connectivity index (χ2v) is 5.34. The minimum atomic E-state index is -0.0979. The number of aryl methyl sites for hydroxylation is 1. The Hall–Kier alpha value is -2.36. The van der Waals surface area contributed by atoms with Crippen LogP contribution in [-0.2, 0) is 0 Å². The van der Waals surface area contributed by atoms with Gasteiger partial charge in [0.1, 0.15) is 5.82 Å². The summed E-state index contributed by atoms with van der Waals surface area (Å²) in [6.45, 7) is 3.93. The number of pyridine rings is 1. The monoisotopic (exact) mass is 281 g/mol. The van der Waals surface area contributed by atoms with Crippen molar-refractivity contribution in [1.82, 2.24) is 4.98 Å². The topological polar surface area (TPSA) is 45.2 Å². The van der Waals surface area contributed by atoms with Crippen molar-refractivity contribution in [3.05, 3.63) is 53.7 Å². The van der Waals surface area contributed by atoms with E-state index in [0.29, 0.717) is 5.56 Å². The van der Waals surface area contributed by atoms with Crippen LogP contribution in [-0.4, -0.2) is 24.0 Å². The van der Waals surface area contributed by atoms with Crippen molar-refractivity contribution in [2.24, 2.45) is 0 Å². The van der Waals surface area contributed by atoms with E-state index in [1.54, 1.807) is 6.20 Å². The van der Waals surface area contributed by atoms with E-state index < -0.39 is 0 Å². The fourth-order valence-corrected chi connectivity index (χ4v) is 2.66. The van der Waals surface area contributed by atoms with Gasteiger partial charge in [0.25, 0.3) is 5.91 Å². The molecule has 1 amide bonds. The van der Waals surface area contributed by atoms with E-state index >= 15 is 0 Å². The highest BCUT2D eigenvalue weighted by atomic mass is 16.1. The molecule has 1 N–H and O–H groups in total. The summed E-state index contributed by atoms with van der Waals surface area (Å²) in [7, 11) is 0. The van der Waals surface area contributed by atoms with E-state index in [9.17, 15) is 4.79 Å². The average molecular weight is 281 g/mol. The number of carbonyl (C=O) groups is 1. The molecule has 2 aromatic rings. The van der Waals surface area contributed by atoms with Crippen molar-refractivity contribution in [2.45, 2.75) is 19.8 Å². The van der Waals surface area contributed by atoms with E-state index in [2.05, 4.69) is 15.2 Å². The predicted molar refractivity (Wildman–Crippen MR) is 84.8 cm³/mol. The highest BCUT2D eigenvalue weighted by Gasteiger charge is 2.20. The van der Waals surface area contributed by atoms with E-state index in [0.717, 1.165) is 43.0 Å². The molecule has 0 bridgehead atoms. The van der Waals surface area contributed by atoms with Crippen LogP contribution in [0.3, 0.4) is 0 Å². The third-order valence-corrected chi connectivity index (χ3v) is 3.83. The van der Waals surface area contributed by atoms with Gasteiger partial charge in [0, 0.05) is 25.0 Å². The van der Waals surface area contributed by atoms with Crippen molar-refractivity contribution in [2.75, 3.05) is 23.3 Å². The van der Waals surface area contributed by atoms with Crippen molar-refractivity contribution in [3.8, 4) is 0 Å². The lowest BCUT2D eigenvalue weighted by Gasteiger charge is -2.19. The predicted octanol–water partition coefficient (Wildman–Crippen LogP) is 3.24. The summed E-state index contributed by atoms with van der Waals surface area (Å²) < 4.78 is 0. The van der Waals surface area contributed by atoms with Crippen LogP contribution in [0.2, 0.25) is 0 Å². The van der Waals surface area contributed by atoms with Gasteiger partial charge in [-0.1, -0.05) is 18.2 Å². The maximum atomic E-state index is 12.6. The Balaban J connectivity index is 1.86. The molecule has 0 atom stereocenters. The minimum absolute atomic E-state index is 0.0979. The average Bonchev–Trinajstić information content (AvgIpc) is 3.04. The first-order valence-corrected chi connectivity index (χ1v) is 7.32. The number of amides is 1. The smallest absolute Gasteiger partial charge is 0.259 e. The van der Waals surface area contributed by atoms with Crippen LogP contribution in [0, 0.1) is 6.92 Å². The number of nitrogens with zero attached hydrogens (tertiary/aromatic N) is 2. The van der Waals surface area contributed by atoms with E-state index in [-0.39, 0.29) is 5.91 Å². The summed E-state index contributed by atoms with van der Waals surface area (Å²) in [5.41, 5.74) is 2.54. The molecule has 0 saturated carbocycles. The first-order valence-electron chi connectivity index (χ1n) is 7.32. The van der Waals surface area contributed by atoms with Crippen molar-refractivity contribution in [3.63, 3.8) is 0 Å². The van der Waals surface area contributed by atoms with Crippen LogP contribution in [0.15, 0.2) is 42.6 Å². The highest BCUT2D eigenvalue weighted by Crippen LogP contribution is 2.23. The molecule has 0 unspecified atom stereocenters. The van der Waals surface area contributed by atoms with Gasteiger partial charge < -0.3 is 10.2 Å². The summed E-state index contributed by atoms with van der Waals surface area (Å²) in [6.07, 6.45) is 4.07. The molecule has 1 aromatic heterocycles. The normalized spacial score (nSPS) is 14.2. The molecule has 4 nitrogen and oxygen atoms in total. The molecule has 0 spiro atoms. The summed E-state index contributed by atoms with van der Waals surface area (Å²) in [5, 5.41) is 2.98. The minimum Gasteiger partial charge on any atom is -0.356 e. The van der Waals surface area contributed by atoms with Gasteiger partial charge in [0.2, 0.25) is 0 Å². The zero-order valence-corrected chi connectivity index (χ0v) is 12.2. The molecule has 21 heavy (non-hydrogen) atoms. The van der Waals surface area contributed by atoms with Gasteiger partial charge in [0.15, 0.2) is 0 Å². The number of carbonyl (C=O) groups excluding carboxylic acids is 1. The van der Waals surface area contributed by atoms with Crippen molar-refractivity contribution in [1.29, 1.82) is 0 Å². The zero-order valence-electron chi connectivity index (χ0n) is 12.2. The Bertz CT molecular complexity index is 648. The molecule has 0 radical (unpaired) electrons. The lowest BCUT2D eigenvalue weighted by molar-refractivity contribution is 0.102. The fourth-order valence-electron chi connectivity index (χ4n) is 2.66. The van der Waals surface area contributed by atoms with Gasteiger partial charge in [-0.25, -0.2) is 4.98 Å². The van der Waals surface area contributed by atoms with Crippen LogP contribution < -0.4 is 10.2 Å². The van der Waals surface area contributed by atoms with Crippen LogP contribution in [0.1, 0.15) is 28.8 Å². The molecule has 3 rings (SSSR count). The van der Waals surface area contributed by atoms with Crippen LogP contribution in [0.4, 0.5) is 11.5 Å². The van der Waals surface area contributed by atoms with Crippen LogP contribution in [0.5, 0.6) is 0 Å². The molecule has 4 heteroatoms. The molecular formula is C17H19N3O. The number of hydrogen-bond acceptors (Lipinski definition) is 3. The number of rotatable bonds is 3. The van der Waals surface area contributed by atoms with Crippen molar-refractivity contribution >= 4 is 17.4 Å². The molecule has 1 saturated heterocycles. The number of nitrogens with one attached hydrogen (secondary N) is 1. The summed E-state index contributed by atoms with van der Waals surface area (Å²) in [6, 6.07) is 11.4. The summed E-state index contributed by atoms with van der Waals surface area (Å²) in [5.74, 6) is 0.695. The van der Waals surface area contributed by atoms with Crippen LogP contribution in [0.25, 0.3) is 0 Å². The van der Waals surface area contributed by atoms with Crippen molar-refractivity contribution < 1.29 is 4.79 Å². The Morgan fingerprint density at radius 1 is 1.14 bits per heavy atom. The van der Waals surface area contributed by atoms with Gasteiger partial charge in [0.05, 0.1) is 5.56 Å². The van der Waals surface area contributed by atoms with E-state index in [1.165, 1.54) is 0 Å². The molecular weight excluding hydrogens is 262 g/mol. The third kappa shape index (κ3) is 2.89. The second-order valence-electron chi connectivity index (χ2n) is 5.34. The van der Waals surface area contributed by atoms with E-state index in [1.807, 2.05) is 43.3 Å². The maximum absolute atomic E-state index is 12.6. The number of benzene rings is 1. The zero-order chi connectivity index (χ0) is 14.7. The fraction of sp³-hybridized carbons (Fsp3) is 0.294. The Morgan fingerprint density at radius 2 is 1.90 bits per heavy atom. The second kappa shape index (κ2) is 5.95. The largest absolute Gasteiger partial charge is 0.356 e. The number of hydrogen-bond donors (Lipinski definition) is 1. The lowest BCUT2D eigenvalue weighted by atomic mass is 10.1. The first-order chi connectivity index (χ1) is 10.3. The number of aromatic nitrogens is 1. The summed E-state index contributed by atoms with van der Waals surface area (Å²) in [4.78, 5) is 19.2. The first kappa shape index (κ1) is 13.6. The molecule has 1 aromatic carbocycles. The van der Waals surface area contributed by atoms with Gasteiger partial charge in [-0.15, -0.1) is 0 Å². The molecule has 1 aliphatic rings. The molecule has 2 heterocycles. The number of para-hydroxylation sites is 1. The lowest BCUT2D eigenvalue weighted by Crippen LogP contribution is -2.24.